The van der Waals surface area contributed by atoms with Crippen molar-refractivity contribution in [2.75, 3.05) is 0 Å². The van der Waals surface area contributed by atoms with Crippen molar-refractivity contribution < 1.29 is 14.3 Å². The number of carbonyl (C=O) groups excluding carboxylic acids is 2. The first-order valence-corrected chi connectivity index (χ1v) is 6.94. The monoisotopic (exact) mass is 284 g/mol. The van der Waals surface area contributed by atoms with Crippen molar-refractivity contribution in [2.45, 2.75) is 26.0 Å². The lowest BCUT2D eigenvalue weighted by molar-refractivity contribution is -0.156. The Balaban J connectivity index is 1.51. The minimum atomic E-state index is -0.287. The van der Waals surface area contributed by atoms with Crippen LogP contribution in [0.5, 0.6) is 0 Å². The topological polar surface area (TPSA) is 61.2 Å². The van der Waals surface area contributed by atoms with Gasteiger partial charge in [0.25, 0.3) is 0 Å². The highest BCUT2D eigenvalue weighted by Crippen LogP contribution is 2.24. The van der Waals surface area contributed by atoms with Crippen molar-refractivity contribution in [3.63, 3.8) is 0 Å². The number of ether oxygens (including phenoxy) is 1. The van der Waals surface area contributed by atoms with Crippen LogP contribution in [0.2, 0.25) is 0 Å². The Labute approximate surface area is 122 Å². The van der Waals surface area contributed by atoms with E-state index in [2.05, 4.69) is 5.10 Å². The summed E-state index contributed by atoms with van der Waals surface area (Å²) < 4.78 is 7.01. The second-order valence-corrected chi connectivity index (χ2v) is 5.28. The Bertz CT molecular complexity index is 641. The molecule has 1 fully saturated rings. The van der Waals surface area contributed by atoms with E-state index in [1.54, 1.807) is 6.20 Å². The smallest absolute Gasteiger partial charge is 0.310 e. The maximum Gasteiger partial charge on any atom is 0.310 e. The van der Waals surface area contributed by atoms with E-state index in [-0.39, 0.29) is 24.3 Å². The molecule has 1 aliphatic carbocycles. The summed E-state index contributed by atoms with van der Waals surface area (Å²) >= 11 is 0. The van der Waals surface area contributed by atoms with E-state index in [0.29, 0.717) is 19.4 Å². The molecule has 1 saturated carbocycles. The van der Waals surface area contributed by atoms with Crippen LogP contribution in [0.3, 0.4) is 0 Å². The number of esters is 1. The van der Waals surface area contributed by atoms with Crippen LogP contribution in [-0.2, 0) is 27.5 Å². The van der Waals surface area contributed by atoms with Crippen LogP contribution in [-0.4, -0.2) is 21.5 Å². The fourth-order valence-corrected chi connectivity index (χ4v) is 2.27. The molecule has 0 aliphatic heterocycles. The van der Waals surface area contributed by atoms with Gasteiger partial charge in [-0.1, -0.05) is 30.3 Å². The number of Topliss-reactive ketones (excluding diaryl/α,β-unsaturated/α-hetero) is 1. The highest BCUT2D eigenvalue weighted by molar-refractivity contribution is 5.94. The van der Waals surface area contributed by atoms with E-state index >= 15 is 0 Å². The largest absolute Gasteiger partial charge is 0.460 e. The highest BCUT2D eigenvalue weighted by atomic mass is 16.5. The molecule has 0 bridgehead atoms. The summed E-state index contributed by atoms with van der Waals surface area (Å²) in [4.78, 5) is 22.5. The molecule has 5 nitrogen and oxygen atoms in total. The normalized spacial score (nSPS) is 14.8. The molecular weight excluding hydrogens is 268 g/mol. The predicted molar refractivity (Wildman–Crippen MR) is 75.3 cm³/mol. The Morgan fingerprint density at radius 1 is 1.24 bits per heavy atom. The zero-order valence-corrected chi connectivity index (χ0v) is 11.6. The number of benzene rings is 1. The third-order valence-corrected chi connectivity index (χ3v) is 3.54. The number of nitrogens with zero attached hydrogens (tertiary/aromatic N) is 2. The van der Waals surface area contributed by atoms with Crippen LogP contribution < -0.4 is 0 Å². The lowest BCUT2D eigenvalue weighted by atomic mass is 9.84. The van der Waals surface area contributed by atoms with Crippen LogP contribution >= 0.6 is 0 Å². The van der Waals surface area contributed by atoms with E-state index in [1.165, 1.54) is 0 Å². The summed E-state index contributed by atoms with van der Waals surface area (Å²) in [5, 5.41) is 4.25. The van der Waals surface area contributed by atoms with E-state index < -0.39 is 0 Å². The number of aromatic nitrogens is 2. The average Bonchev–Trinajstić information content (AvgIpc) is 2.90. The van der Waals surface area contributed by atoms with Crippen molar-refractivity contribution in [1.82, 2.24) is 9.78 Å². The number of ketones is 1. The van der Waals surface area contributed by atoms with Gasteiger partial charge >= 0.3 is 5.97 Å². The van der Waals surface area contributed by atoms with Crippen molar-refractivity contribution in [3.05, 3.63) is 53.9 Å². The van der Waals surface area contributed by atoms with Gasteiger partial charge in [0.2, 0.25) is 0 Å². The second kappa shape index (κ2) is 5.91. The minimum absolute atomic E-state index is 0.132. The van der Waals surface area contributed by atoms with Gasteiger partial charge in [-0.3, -0.25) is 14.3 Å². The summed E-state index contributed by atoms with van der Waals surface area (Å²) in [6, 6.07) is 10.0. The maximum absolute atomic E-state index is 11.6. The van der Waals surface area contributed by atoms with Crippen LogP contribution in [0, 0.1) is 5.92 Å². The molecule has 0 saturated heterocycles. The standard InChI is InChI=1S/C16H16N2O3/c19-15-6-14(7-15)16(20)21-11-13-8-17-18(10-13)9-12-4-2-1-3-5-12/h1-5,8,10,14H,6-7,9,11H2. The molecule has 21 heavy (non-hydrogen) atoms. The van der Waals surface area contributed by atoms with Crippen molar-refractivity contribution in [3.8, 4) is 0 Å². The Kier molecular flexibility index (Phi) is 3.81. The van der Waals surface area contributed by atoms with Crippen molar-refractivity contribution >= 4 is 11.8 Å². The number of hydrogen-bond acceptors (Lipinski definition) is 4. The Hall–Kier alpha value is -2.43. The minimum Gasteiger partial charge on any atom is -0.460 e. The molecule has 1 aromatic carbocycles. The molecule has 0 radical (unpaired) electrons. The molecule has 0 N–H and O–H groups in total. The second-order valence-electron chi connectivity index (χ2n) is 5.28. The summed E-state index contributed by atoms with van der Waals surface area (Å²) in [6.07, 6.45) is 4.21. The summed E-state index contributed by atoms with van der Waals surface area (Å²) in [7, 11) is 0. The van der Waals surface area contributed by atoms with Crippen LogP contribution in [0.25, 0.3) is 0 Å². The Morgan fingerprint density at radius 2 is 2.00 bits per heavy atom. The lowest BCUT2D eigenvalue weighted by Gasteiger charge is -2.21. The van der Waals surface area contributed by atoms with Gasteiger partial charge in [0.1, 0.15) is 12.4 Å². The molecule has 1 heterocycles. The zero-order valence-electron chi connectivity index (χ0n) is 11.6. The number of rotatable bonds is 5. The molecule has 2 aromatic rings. The van der Waals surface area contributed by atoms with Gasteiger partial charge < -0.3 is 4.74 Å². The molecular formula is C16H16N2O3. The van der Waals surface area contributed by atoms with E-state index in [1.807, 2.05) is 41.2 Å². The quantitative estimate of drug-likeness (QED) is 0.787. The summed E-state index contributed by atoms with van der Waals surface area (Å²) in [5.74, 6) is -0.394. The average molecular weight is 284 g/mol. The van der Waals surface area contributed by atoms with Crippen molar-refractivity contribution in [2.24, 2.45) is 5.92 Å². The number of hydrogen-bond donors (Lipinski definition) is 0. The molecule has 1 aliphatic rings. The van der Waals surface area contributed by atoms with Gasteiger partial charge in [0.05, 0.1) is 18.7 Å². The first-order chi connectivity index (χ1) is 10.2. The van der Waals surface area contributed by atoms with Crippen LogP contribution in [0.15, 0.2) is 42.7 Å². The van der Waals surface area contributed by atoms with Gasteiger partial charge in [0, 0.05) is 24.6 Å². The third kappa shape index (κ3) is 3.37. The summed E-state index contributed by atoms with van der Waals surface area (Å²) in [6.45, 7) is 0.893. The molecule has 3 rings (SSSR count). The van der Waals surface area contributed by atoms with Crippen molar-refractivity contribution in [1.29, 1.82) is 0 Å². The van der Waals surface area contributed by atoms with Gasteiger partial charge in [-0.05, 0) is 5.56 Å². The molecule has 0 atom stereocenters. The van der Waals surface area contributed by atoms with Crippen LogP contribution in [0.1, 0.15) is 24.0 Å². The molecule has 0 amide bonds. The van der Waals surface area contributed by atoms with E-state index in [4.69, 9.17) is 4.74 Å². The molecule has 0 unspecified atom stereocenters. The first-order valence-electron chi connectivity index (χ1n) is 6.94. The molecule has 5 heteroatoms. The van der Waals surface area contributed by atoms with Gasteiger partial charge in [-0.25, -0.2) is 0 Å². The fraction of sp³-hybridized carbons (Fsp3) is 0.312. The lowest BCUT2D eigenvalue weighted by Crippen LogP contribution is -2.31. The maximum atomic E-state index is 11.6. The number of carbonyl (C=O) groups is 2. The van der Waals surface area contributed by atoms with E-state index in [0.717, 1.165) is 11.1 Å². The van der Waals surface area contributed by atoms with Gasteiger partial charge in [0.15, 0.2) is 0 Å². The SMILES string of the molecule is O=C1CC(C(=O)OCc2cnn(Cc3ccccc3)c2)C1. The zero-order chi connectivity index (χ0) is 14.7. The van der Waals surface area contributed by atoms with Crippen LogP contribution in [0.4, 0.5) is 0 Å². The molecule has 1 aromatic heterocycles. The predicted octanol–water partition coefficient (Wildman–Crippen LogP) is 1.95. The first kappa shape index (κ1) is 13.5. The van der Waals surface area contributed by atoms with Gasteiger partial charge in [-0.15, -0.1) is 0 Å². The highest BCUT2D eigenvalue weighted by Gasteiger charge is 2.33. The summed E-state index contributed by atoms with van der Waals surface area (Å²) in [5.41, 5.74) is 2.02. The molecule has 0 spiro atoms. The van der Waals surface area contributed by atoms with Gasteiger partial charge in [-0.2, -0.15) is 5.10 Å². The molecule has 108 valence electrons. The van der Waals surface area contributed by atoms with E-state index in [9.17, 15) is 9.59 Å². The third-order valence-electron chi connectivity index (χ3n) is 3.54. The Morgan fingerprint density at radius 3 is 2.71 bits per heavy atom. The fourth-order valence-electron chi connectivity index (χ4n) is 2.27.